The maximum atomic E-state index is 12.1. The highest BCUT2D eigenvalue weighted by atomic mass is 16.1. The number of carbonyl (C=O) groups is 1. The fraction of sp³-hybridized carbons (Fsp3) is 0.125. The number of rotatable bonds is 3. The van der Waals surface area contributed by atoms with Gasteiger partial charge in [-0.05, 0) is 30.7 Å². The number of benzene rings is 2. The van der Waals surface area contributed by atoms with Crippen molar-refractivity contribution in [1.29, 1.82) is 5.26 Å². The smallest absolute Gasteiger partial charge is 0.251 e. The van der Waals surface area contributed by atoms with Crippen LogP contribution in [-0.2, 0) is 0 Å². The average molecular weight is 250 g/mol. The number of hydrogen-bond donors (Lipinski definition) is 1. The van der Waals surface area contributed by atoms with Crippen molar-refractivity contribution >= 4 is 5.91 Å². The zero-order valence-corrected chi connectivity index (χ0v) is 10.6. The first-order valence-corrected chi connectivity index (χ1v) is 6.06. The molecule has 0 aromatic heterocycles. The van der Waals surface area contributed by atoms with E-state index in [2.05, 4.69) is 5.32 Å². The van der Waals surface area contributed by atoms with Crippen molar-refractivity contribution in [1.82, 2.24) is 5.32 Å². The summed E-state index contributed by atoms with van der Waals surface area (Å²) in [6.07, 6.45) is 0. The summed E-state index contributed by atoms with van der Waals surface area (Å²) in [5, 5.41) is 11.7. The van der Waals surface area contributed by atoms with Gasteiger partial charge in [0.1, 0.15) is 0 Å². The Morgan fingerprint density at radius 1 is 1.16 bits per heavy atom. The fourth-order valence-electron chi connectivity index (χ4n) is 1.84. The second kappa shape index (κ2) is 5.83. The van der Waals surface area contributed by atoms with Crippen LogP contribution >= 0.6 is 0 Å². The molecule has 19 heavy (non-hydrogen) atoms. The van der Waals surface area contributed by atoms with E-state index >= 15 is 0 Å². The molecule has 2 aromatic carbocycles. The molecule has 3 heteroatoms. The fourth-order valence-corrected chi connectivity index (χ4v) is 1.84. The third kappa shape index (κ3) is 3.20. The van der Waals surface area contributed by atoms with E-state index in [4.69, 9.17) is 5.26 Å². The molecule has 94 valence electrons. The summed E-state index contributed by atoms with van der Waals surface area (Å²) in [5.74, 6) is -0.173. The van der Waals surface area contributed by atoms with Gasteiger partial charge in [-0.2, -0.15) is 5.26 Å². The molecule has 1 N–H and O–H groups in total. The molecule has 2 rings (SSSR count). The largest absolute Gasteiger partial charge is 0.346 e. The molecule has 2 aromatic rings. The van der Waals surface area contributed by atoms with Crippen LogP contribution in [0.5, 0.6) is 0 Å². The second-order valence-corrected chi connectivity index (χ2v) is 4.30. The molecule has 0 aliphatic rings. The minimum absolute atomic E-state index is 0.0700. The lowest BCUT2D eigenvalue weighted by molar-refractivity contribution is 0.0940. The summed E-state index contributed by atoms with van der Waals surface area (Å²) >= 11 is 0. The minimum atomic E-state index is -0.173. The van der Waals surface area contributed by atoms with E-state index in [0.29, 0.717) is 11.1 Å². The molecule has 0 aliphatic heterocycles. The van der Waals surface area contributed by atoms with Gasteiger partial charge in [0, 0.05) is 5.56 Å². The van der Waals surface area contributed by atoms with Gasteiger partial charge in [-0.15, -0.1) is 0 Å². The van der Waals surface area contributed by atoms with Crippen LogP contribution in [0, 0.1) is 11.3 Å². The van der Waals surface area contributed by atoms with Gasteiger partial charge in [0.25, 0.3) is 5.91 Å². The van der Waals surface area contributed by atoms with Crippen LogP contribution in [0.15, 0.2) is 54.6 Å². The van der Waals surface area contributed by atoms with Crippen molar-refractivity contribution in [2.24, 2.45) is 0 Å². The van der Waals surface area contributed by atoms with Crippen molar-refractivity contribution in [2.75, 3.05) is 0 Å². The molecular formula is C16H14N2O. The lowest BCUT2D eigenvalue weighted by atomic mass is 10.1. The quantitative estimate of drug-likeness (QED) is 0.910. The normalized spacial score (nSPS) is 11.4. The zero-order chi connectivity index (χ0) is 13.7. The Morgan fingerprint density at radius 2 is 1.89 bits per heavy atom. The van der Waals surface area contributed by atoms with Crippen molar-refractivity contribution in [3.63, 3.8) is 0 Å². The lowest BCUT2D eigenvalue weighted by Gasteiger charge is -2.14. The first-order chi connectivity index (χ1) is 9.20. The van der Waals surface area contributed by atoms with Crippen LogP contribution in [-0.4, -0.2) is 5.91 Å². The Labute approximate surface area is 112 Å². The molecule has 0 bridgehead atoms. The monoisotopic (exact) mass is 250 g/mol. The molecule has 1 atom stereocenters. The molecular weight excluding hydrogens is 236 g/mol. The van der Waals surface area contributed by atoms with Crippen LogP contribution in [0.1, 0.15) is 34.5 Å². The molecule has 0 spiro atoms. The molecule has 1 amide bonds. The maximum Gasteiger partial charge on any atom is 0.251 e. The van der Waals surface area contributed by atoms with E-state index in [1.165, 1.54) is 0 Å². The van der Waals surface area contributed by atoms with Crippen LogP contribution in [0.25, 0.3) is 0 Å². The van der Waals surface area contributed by atoms with Gasteiger partial charge in [0.05, 0.1) is 17.7 Å². The lowest BCUT2D eigenvalue weighted by Crippen LogP contribution is -2.26. The second-order valence-electron chi connectivity index (χ2n) is 4.30. The van der Waals surface area contributed by atoms with Crippen LogP contribution in [0.4, 0.5) is 0 Å². The molecule has 0 saturated carbocycles. The minimum Gasteiger partial charge on any atom is -0.346 e. The van der Waals surface area contributed by atoms with Gasteiger partial charge in [-0.25, -0.2) is 0 Å². The zero-order valence-electron chi connectivity index (χ0n) is 10.6. The van der Waals surface area contributed by atoms with Crippen molar-refractivity contribution in [2.45, 2.75) is 13.0 Å². The Hall–Kier alpha value is -2.60. The predicted octanol–water partition coefficient (Wildman–Crippen LogP) is 3.05. The molecule has 0 fully saturated rings. The third-order valence-electron chi connectivity index (χ3n) is 2.90. The van der Waals surface area contributed by atoms with Gasteiger partial charge in [-0.3, -0.25) is 4.79 Å². The number of carbonyl (C=O) groups excluding carboxylic acids is 1. The third-order valence-corrected chi connectivity index (χ3v) is 2.90. The highest BCUT2D eigenvalue weighted by Crippen LogP contribution is 2.12. The molecule has 0 unspecified atom stereocenters. The maximum absolute atomic E-state index is 12.1. The molecule has 0 aliphatic carbocycles. The van der Waals surface area contributed by atoms with Gasteiger partial charge < -0.3 is 5.32 Å². The van der Waals surface area contributed by atoms with Crippen LogP contribution in [0.2, 0.25) is 0 Å². The van der Waals surface area contributed by atoms with E-state index in [0.717, 1.165) is 5.56 Å². The van der Waals surface area contributed by atoms with E-state index in [1.807, 2.05) is 43.3 Å². The number of nitrogens with zero attached hydrogens (tertiary/aromatic N) is 1. The summed E-state index contributed by atoms with van der Waals surface area (Å²) in [6.45, 7) is 1.93. The first kappa shape index (κ1) is 12.8. The van der Waals surface area contributed by atoms with E-state index in [-0.39, 0.29) is 11.9 Å². The van der Waals surface area contributed by atoms with Crippen molar-refractivity contribution < 1.29 is 4.79 Å². The number of hydrogen-bond acceptors (Lipinski definition) is 2. The Balaban J connectivity index is 2.11. The average Bonchev–Trinajstić information content (AvgIpc) is 2.48. The first-order valence-electron chi connectivity index (χ1n) is 6.06. The molecule has 3 nitrogen and oxygen atoms in total. The highest BCUT2D eigenvalue weighted by Gasteiger charge is 2.11. The Morgan fingerprint density at radius 3 is 2.58 bits per heavy atom. The number of nitriles is 1. The Kier molecular flexibility index (Phi) is 3.94. The van der Waals surface area contributed by atoms with Crippen LogP contribution < -0.4 is 5.32 Å². The summed E-state index contributed by atoms with van der Waals surface area (Å²) < 4.78 is 0. The topological polar surface area (TPSA) is 52.9 Å². The highest BCUT2D eigenvalue weighted by molar-refractivity contribution is 5.94. The molecule has 0 heterocycles. The number of nitrogens with one attached hydrogen (secondary N) is 1. The van der Waals surface area contributed by atoms with E-state index in [1.54, 1.807) is 24.3 Å². The summed E-state index contributed by atoms with van der Waals surface area (Å²) in [5.41, 5.74) is 2.04. The standard InChI is InChI=1S/C16H14N2O/c1-12(14-7-3-2-4-8-14)18-16(19)15-9-5-6-13(10-15)11-17/h2-10,12H,1H3,(H,18,19)/t12-/m0/s1. The van der Waals surface area contributed by atoms with Gasteiger partial charge in [0.15, 0.2) is 0 Å². The Bertz CT molecular complexity index is 614. The van der Waals surface area contributed by atoms with Crippen molar-refractivity contribution in [3.8, 4) is 6.07 Å². The molecule has 0 radical (unpaired) electrons. The van der Waals surface area contributed by atoms with Gasteiger partial charge in [-0.1, -0.05) is 36.4 Å². The van der Waals surface area contributed by atoms with E-state index in [9.17, 15) is 4.79 Å². The van der Waals surface area contributed by atoms with Crippen molar-refractivity contribution in [3.05, 3.63) is 71.3 Å². The predicted molar refractivity (Wildman–Crippen MR) is 73.5 cm³/mol. The SMILES string of the molecule is C[C@H](NC(=O)c1cccc(C#N)c1)c1ccccc1. The van der Waals surface area contributed by atoms with E-state index < -0.39 is 0 Å². The van der Waals surface area contributed by atoms with Gasteiger partial charge >= 0.3 is 0 Å². The van der Waals surface area contributed by atoms with Crippen LogP contribution in [0.3, 0.4) is 0 Å². The summed E-state index contributed by atoms with van der Waals surface area (Å²) in [4.78, 5) is 12.1. The summed E-state index contributed by atoms with van der Waals surface area (Å²) in [6, 6.07) is 18.4. The molecule has 0 saturated heterocycles. The summed E-state index contributed by atoms with van der Waals surface area (Å²) in [7, 11) is 0. The number of amides is 1. The van der Waals surface area contributed by atoms with Gasteiger partial charge in [0.2, 0.25) is 0 Å².